The number of hydrogen-bond donors (Lipinski definition) is 2. The maximum Gasteiger partial charge on any atom is 0.319 e. The third kappa shape index (κ3) is 4.08. The molecule has 0 saturated carbocycles. The van der Waals surface area contributed by atoms with Crippen LogP contribution in [-0.2, 0) is 10.2 Å². The van der Waals surface area contributed by atoms with Crippen LogP contribution < -0.4 is 15.5 Å². The zero-order chi connectivity index (χ0) is 20.5. The number of urea groups is 1. The Morgan fingerprint density at radius 2 is 1.79 bits per heavy atom. The fourth-order valence-electron chi connectivity index (χ4n) is 2.89. The van der Waals surface area contributed by atoms with Crippen LogP contribution in [0.25, 0.3) is 0 Å². The number of nitrogens with one attached hydrogen (secondary N) is 2. The van der Waals surface area contributed by atoms with E-state index in [0.29, 0.717) is 11.5 Å². The van der Waals surface area contributed by atoms with Crippen LogP contribution in [-0.4, -0.2) is 34.5 Å². The van der Waals surface area contributed by atoms with E-state index in [4.69, 9.17) is 0 Å². The number of aromatic nitrogens is 2. The van der Waals surface area contributed by atoms with Crippen LogP contribution in [0, 0.1) is 11.6 Å². The van der Waals surface area contributed by atoms with E-state index >= 15 is 0 Å². The number of amides is 3. The molecule has 0 spiro atoms. The fourth-order valence-corrected chi connectivity index (χ4v) is 2.89. The van der Waals surface area contributed by atoms with E-state index in [9.17, 15) is 18.4 Å². The van der Waals surface area contributed by atoms with Gasteiger partial charge in [-0.25, -0.2) is 23.5 Å². The maximum atomic E-state index is 13.9. The number of benzene rings is 1. The Bertz CT molecular complexity index is 876. The predicted octanol–water partition coefficient (Wildman–Crippen LogP) is 2.98. The van der Waals surface area contributed by atoms with Crippen molar-refractivity contribution in [2.24, 2.45) is 0 Å². The molecule has 1 saturated heterocycles. The number of hydrogen-bond acceptors (Lipinski definition) is 4. The molecule has 0 unspecified atom stereocenters. The van der Waals surface area contributed by atoms with Gasteiger partial charge in [-0.05, 0) is 18.6 Å². The average molecular weight is 389 g/mol. The van der Waals surface area contributed by atoms with E-state index < -0.39 is 35.3 Å². The lowest BCUT2D eigenvalue weighted by Crippen LogP contribution is -2.43. The van der Waals surface area contributed by atoms with Gasteiger partial charge in [0.1, 0.15) is 29.2 Å². The van der Waals surface area contributed by atoms with Gasteiger partial charge in [0.25, 0.3) is 0 Å². The van der Waals surface area contributed by atoms with Gasteiger partial charge in [0.05, 0.1) is 18.1 Å². The van der Waals surface area contributed by atoms with Crippen molar-refractivity contribution in [3.8, 4) is 0 Å². The van der Waals surface area contributed by atoms with Gasteiger partial charge in [0, 0.05) is 12.0 Å². The van der Waals surface area contributed by atoms with Crippen LogP contribution in [0.5, 0.6) is 0 Å². The predicted molar refractivity (Wildman–Crippen MR) is 100 cm³/mol. The molecule has 1 aromatic carbocycles. The molecule has 0 bridgehead atoms. The van der Waals surface area contributed by atoms with Gasteiger partial charge in [-0.2, -0.15) is 0 Å². The molecular weight excluding hydrogens is 368 g/mol. The normalized spacial score (nSPS) is 17.0. The first-order valence-corrected chi connectivity index (χ1v) is 8.82. The van der Waals surface area contributed by atoms with Crippen molar-refractivity contribution in [3.63, 3.8) is 0 Å². The minimum atomic E-state index is -0.881. The van der Waals surface area contributed by atoms with Gasteiger partial charge < -0.3 is 15.5 Å². The van der Waals surface area contributed by atoms with Crippen molar-refractivity contribution in [2.75, 3.05) is 16.8 Å². The third-order valence-electron chi connectivity index (χ3n) is 4.30. The SMILES string of the molecule is CC(C)(C)c1ncc(NC(=O)N[C@@H]2CCN(c3c(F)cccc3F)C2=O)cn1. The molecule has 1 aromatic heterocycles. The van der Waals surface area contributed by atoms with Crippen LogP contribution >= 0.6 is 0 Å². The van der Waals surface area contributed by atoms with E-state index in [1.807, 2.05) is 20.8 Å². The summed E-state index contributed by atoms with van der Waals surface area (Å²) >= 11 is 0. The summed E-state index contributed by atoms with van der Waals surface area (Å²) in [5.41, 5.74) is -0.251. The van der Waals surface area contributed by atoms with Gasteiger partial charge in [-0.1, -0.05) is 26.8 Å². The lowest BCUT2D eigenvalue weighted by molar-refractivity contribution is -0.118. The summed E-state index contributed by atoms with van der Waals surface area (Å²) < 4.78 is 27.8. The van der Waals surface area contributed by atoms with Gasteiger partial charge in [-0.3, -0.25) is 4.79 Å². The quantitative estimate of drug-likeness (QED) is 0.845. The Kier molecular flexibility index (Phi) is 5.26. The van der Waals surface area contributed by atoms with Crippen LogP contribution in [0.15, 0.2) is 30.6 Å². The fraction of sp³-hybridized carbons (Fsp3) is 0.368. The maximum absolute atomic E-state index is 13.9. The number of carbonyl (C=O) groups excluding carboxylic acids is 2. The molecule has 2 aromatic rings. The van der Waals surface area contributed by atoms with Gasteiger partial charge in [-0.15, -0.1) is 0 Å². The molecule has 148 valence electrons. The number of anilines is 2. The smallest absolute Gasteiger partial charge is 0.319 e. The Morgan fingerprint density at radius 1 is 1.18 bits per heavy atom. The molecule has 1 aliphatic rings. The Morgan fingerprint density at radius 3 is 2.36 bits per heavy atom. The van der Waals surface area contributed by atoms with Crippen LogP contribution in [0.1, 0.15) is 33.0 Å². The Hall–Kier alpha value is -3.10. The summed E-state index contributed by atoms with van der Waals surface area (Å²) in [6.45, 7) is 6.01. The average Bonchev–Trinajstić information content (AvgIpc) is 2.95. The molecule has 2 heterocycles. The third-order valence-corrected chi connectivity index (χ3v) is 4.30. The summed E-state index contributed by atoms with van der Waals surface area (Å²) in [6.07, 6.45) is 3.19. The number of rotatable bonds is 3. The first-order chi connectivity index (χ1) is 13.2. The van der Waals surface area contributed by atoms with Crippen molar-refractivity contribution in [1.29, 1.82) is 0 Å². The highest BCUT2D eigenvalue weighted by Gasteiger charge is 2.36. The Balaban J connectivity index is 1.63. The molecule has 1 fully saturated rings. The lowest BCUT2D eigenvalue weighted by Gasteiger charge is -2.19. The number of nitrogens with zero attached hydrogens (tertiary/aromatic N) is 3. The summed E-state index contributed by atoms with van der Waals surface area (Å²) in [7, 11) is 0. The molecule has 3 amide bonds. The second-order valence-electron chi connectivity index (χ2n) is 7.55. The first-order valence-electron chi connectivity index (χ1n) is 8.82. The van der Waals surface area contributed by atoms with Crippen LogP contribution in [0.2, 0.25) is 0 Å². The molecule has 0 radical (unpaired) electrons. The highest BCUT2D eigenvalue weighted by atomic mass is 19.1. The Labute approximate surface area is 161 Å². The second-order valence-corrected chi connectivity index (χ2v) is 7.55. The molecule has 9 heteroatoms. The van der Waals surface area contributed by atoms with Crippen molar-refractivity contribution in [2.45, 2.75) is 38.6 Å². The van der Waals surface area contributed by atoms with Crippen molar-refractivity contribution in [3.05, 3.63) is 48.1 Å². The molecule has 28 heavy (non-hydrogen) atoms. The minimum Gasteiger partial charge on any atom is -0.326 e. The standard InChI is InChI=1S/C19H21F2N5O2/c1-19(2,3)17-22-9-11(10-23-17)24-18(28)25-14-7-8-26(16(14)27)15-12(20)5-4-6-13(15)21/h4-6,9-10,14H,7-8H2,1-3H3,(H2,24,25,28)/t14-/m1/s1. The molecule has 2 N–H and O–H groups in total. The summed E-state index contributed by atoms with van der Waals surface area (Å²) in [5, 5.41) is 5.07. The van der Waals surface area contributed by atoms with E-state index in [2.05, 4.69) is 20.6 Å². The van der Waals surface area contributed by atoms with E-state index in [1.165, 1.54) is 18.5 Å². The summed E-state index contributed by atoms with van der Waals surface area (Å²) in [6, 6.07) is 1.89. The monoisotopic (exact) mass is 389 g/mol. The van der Waals surface area contributed by atoms with Crippen LogP contribution in [0.3, 0.4) is 0 Å². The van der Waals surface area contributed by atoms with Gasteiger partial charge >= 0.3 is 6.03 Å². The second kappa shape index (κ2) is 7.49. The number of carbonyl (C=O) groups is 2. The number of halogens is 2. The summed E-state index contributed by atoms with van der Waals surface area (Å²) in [4.78, 5) is 34.1. The zero-order valence-electron chi connectivity index (χ0n) is 15.8. The molecule has 7 nitrogen and oxygen atoms in total. The molecule has 1 aliphatic heterocycles. The number of para-hydroxylation sites is 1. The van der Waals surface area contributed by atoms with E-state index in [-0.39, 0.29) is 18.4 Å². The topological polar surface area (TPSA) is 87.2 Å². The van der Waals surface area contributed by atoms with Crippen molar-refractivity contribution in [1.82, 2.24) is 15.3 Å². The molecule has 0 aliphatic carbocycles. The van der Waals surface area contributed by atoms with Gasteiger partial charge in [0.15, 0.2) is 0 Å². The van der Waals surface area contributed by atoms with Crippen LogP contribution in [0.4, 0.5) is 25.0 Å². The highest BCUT2D eigenvalue weighted by molar-refractivity contribution is 6.02. The van der Waals surface area contributed by atoms with E-state index in [1.54, 1.807) is 0 Å². The summed E-state index contributed by atoms with van der Waals surface area (Å²) in [5.74, 6) is -1.59. The lowest BCUT2D eigenvalue weighted by atomic mass is 9.96. The zero-order valence-corrected chi connectivity index (χ0v) is 15.8. The highest BCUT2D eigenvalue weighted by Crippen LogP contribution is 2.27. The van der Waals surface area contributed by atoms with Crippen molar-refractivity contribution >= 4 is 23.3 Å². The first kappa shape index (κ1) is 19.7. The van der Waals surface area contributed by atoms with Gasteiger partial charge in [0.2, 0.25) is 5.91 Å². The molecule has 1 atom stereocenters. The minimum absolute atomic E-state index is 0.102. The van der Waals surface area contributed by atoms with E-state index in [0.717, 1.165) is 17.0 Å². The molecule has 3 rings (SSSR count). The molecular formula is C19H21F2N5O2. The van der Waals surface area contributed by atoms with Crippen molar-refractivity contribution < 1.29 is 18.4 Å². The largest absolute Gasteiger partial charge is 0.326 e.